The maximum Gasteiger partial charge on any atom is 0.150 e. The summed E-state index contributed by atoms with van der Waals surface area (Å²) in [5.74, 6) is 0. The van der Waals surface area contributed by atoms with E-state index in [1.54, 1.807) is 6.92 Å². The molecule has 0 radical (unpaired) electrons. The van der Waals surface area contributed by atoms with Crippen molar-refractivity contribution >= 4 is 9.84 Å². The average Bonchev–Trinajstić information content (AvgIpc) is 2.16. The third kappa shape index (κ3) is 4.31. The molecule has 0 aliphatic heterocycles. The van der Waals surface area contributed by atoms with Gasteiger partial charge in [0.2, 0.25) is 0 Å². The molecular formula is C12H19NO2S. The predicted molar refractivity (Wildman–Crippen MR) is 66.2 cm³/mol. The molecule has 0 spiro atoms. The second-order valence-electron chi connectivity index (χ2n) is 4.30. The minimum absolute atomic E-state index is 0.252. The highest BCUT2D eigenvalue weighted by atomic mass is 32.2. The predicted octanol–water partition coefficient (Wildman–Crippen LogP) is 2.15. The highest BCUT2D eigenvalue weighted by Gasteiger charge is 2.13. The molecule has 0 bridgehead atoms. The molecule has 0 aromatic carbocycles. The van der Waals surface area contributed by atoms with Gasteiger partial charge in [0.15, 0.2) is 0 Å². The van der Waals surface area contributed by atoms with E-state index < -0.39 is 9.84 Å². The van der Waals surface area contributed by atoms with Crippen molar-refractivity contribution in [1.82, 2.24) is 4.98 Å². The lowest BCUT2D eigenvalue weighted by molar-refractivity contribution is 0.578. The van der Waals surface area contributed by atoms with Gasteiger partial charge in [0.05, 0.1) is 5.25 Å². The van der Waals surface area contributed by atoms with E-state index in [-0.39, 0.29) is 5.25 Å². The van der Waals surface area contributed by atoms with E-state index in [4.69, 9.17) is 0 Å². The molecule has 0 aliphatic rings. The molecule has 1 aromatic rings. The van der Waals surface area contributed by atoms with Crippen LogP contribution >= 0.6 is 0 Å². The van der Waals surface area contributed by atoms with Crippen molar-refractivity contribution in [2.75, 3.05) is 6.26 Å². The Balaban J connectivity index is 2.42. The Morgan fingerprint density at radius 3 is 2.62 bits per heavy atom. The molecule has 0 N–H and O–H groups in total. The summed E-state index contributed by atoms with van der Waals surface area (Å²) in [6.07, 6.45) is 3.71. The second kappa shape index (κ2) is 5.43. The number of nitrogens with zero attached hydrogens (tertiary/aromatic N) is 1. The van der Waals surface area contributed by atoms with E-state index in [0.29, 0.717) is 6.42 Å². The summed E-state index contributed by atoms with van der Waals surface area (Å²) in [7, 11) is -2.89. The van der Waals surface area contributed by atoms with Gasteiger partial charge in [0.25, 0.3) is 0 Å². The van der Waals surface area contributed by atoms with Gasteiger partial charge in [-0.15, -0.1) is 0 Å². The first-order valence-electron chi connectivity index (χ1n) is 5.51. The zero-order valence-corrected chi connectivity index (χ0v) is 10.9. The van der Waals surface area contributed by atoms with Crippen molar-refractivity contribution in [1.29, 1.82) is 0 Å². The van der Waals surface area contributed by atoms with Crippen molar-refractivity contribution in [3.63, 3.8) is 0 Å². The third-order valence-electron chi connectivity index (χ3n) is 2.72. The lowest BCUT2D eigenvalue weighted by Crippen LogP contribution is -2.15. The minimum atomic E-state index is -2.89. The van der Waals surface area contributed by atoms with E-state index in [1.165, 1.54) is 6.26 Å². The van der Waals surface area contributed by atoms with Crippen LogP contribution < -0.4 is 0 Å². The molecule has 1 rings (SSSR count). The summed E-state index contributed by atoms with van der Waals surface area (Å²) in [5.41, 5.74) is 2.05. The Morgan fingerprint density at radius 1 is 1.38 bits per heavy atom. The zero-order chi connectivity index (χ0) is 12.2. The fourth-order valence-electron chi connectivity index (χ4n) is 1.52. The van der Waals surface area contributed by atoms with Gasteiger partial charge in [-0.3, -0.25) is 4.98 Å². The van der Waals surface area contributed by atoms with Crippen molar-refractivity contribution < 1.29 is 8.42 Å². The van der Waals surface area contributed by atoms with Gasteiger partial charge in [-0.2, -0.15) is 0 Å². The second-order valence-corrected chi connectivity index (χ2v) is 6.77. The molecule has 0 saturated heterocycles. The van der Waals surface area contributed by atoms with Crippen LogP contribution in [0.5, 0.6) is 0 Å². The van der Waals surface area contributed by atoms with Gasteiger partial charge >= 0.3 is 0 Å². The monoisotopic (exact) mass is 241 g/mol. The summed E-state index contributed by atoms with van der Waals surface area (Å²) >= 11 is 0. The van der Waals surface area contributed by atoms with Crippen LogP contribution in [0.15, 0.2) is 18.2 Å². The molecule has 1 heterocycles. The van der Waals surface area contributed by atoms with Crippen molar-refractivity contribution in [3.8, 4) is 0 Å². The molecule has 0 fully saturated rings. The van der Waals surface area contributed by atoms with Crippen molar-refractivity contribution in [2.45, 2.75) is 38.4 Å². The summed E-state index contributed by atoms with van der Waals surface area (Å²) in [6.45, 7) is 3.72. The van der Waals surface area contributed by atoms with Crippen molar-refractivity contribution in [2.24, 2.45) is 0 Å². The van der Waals surface area contributed by atoms with Gasteiger partial charge in [-0.05, 0) is 45.2 Å². The number of aryl methyl sites for hydroxylation is 2. The van der Waals surface area contributed by atoms with E-state index in [2.05, 4.69) is 4.98 Å². The lowest BCUT2D eigenvalue weighted by atomic mass is 10.1. The Hall–Kier alpha value is -0.900. The first-order valence-corrected chi connectivity index (χ1v) is 7.46. The molecule has 4 heteroatoms. The number of sulfone groups is 1. The fraction of sp³-hybridized carbons (Fsp3) is 0.583. The van der Waals surface area contributed by atoms with Gasteiger partial charge < -0.3 is 0 Å². The van der Waals surface area contributed by atoms with E-state index in [9.17, 15) is 8.42 Å². The summed E-state index contributed by atoms with van der Waals surface area (Å²) in [5, 5.41) is -0.252. The first-order chi connectivity index (χ1) is 7.39. The Bertz CT molecular complexity index is 440. The largest absolute Gasteiger partial charge is 0.258 e. The summed E-state index contributed by atoms with van der Waals surface area (Å²) in [6, 6.07) is 5.93. The first kappa shape index (κ1) is 13.2. The van der Waals surface area contributed by atoms with Gasteiger partial charge in [0, 0.05) is 17.6 Å². The highest BCUT2D eigenvalue weighted by molar-refractivity contribution is 7.91. The molecule has 1 atom stereocenters. The van der Waals surface area contributed by atoms with Gasteiger partial charge in [-0.25, -0.2) is 8.42 Å². The number of pyridine rings is 1. The summed E-state index contributed by atoms with van der Waals surface area (Å²) in [4.78, 5) is 4.38. The quantitative estimate of drug-likeness (QED) is 0.793. The molecule has 3 nitrogen and oxygen atoms in total. The van der Waals surface area contributed by atoms with Crippen LogP contribution in [0, 0.1) is 6.92 Å². The van der Waals surface area contributed by atoms with E-state index in [1.807, 2.05) is 25.1 Å². The van der Waals surface area contributed by atoms with Crippen LogP contribution in [0.25, 0.3) is 0 Å². The zero-order valence-electron chi connectivity index (χ0n) is 10.1. The number of aromatic nitrogens is 1. The van der Waals surface area contributed by atoms with Crippen LogP contribution in [0.4, 0.5) is 0 Å². The van der Waals surface area contributed by atoms with E-state index >= 15 is 0 Å². The molecule has 0 aliphatic carbocycles. The van der Waals surface area contributed by atoms with Crippen LogP contribution in [-0.2, 0) is 16.3 Å². The SMILES string of the molecule is Cc1cccc(CCCC(C)S(C)(=O)=O)n1. The Kier molecular flexibility index (Phi) is 4.47. The Morgan fingerprint density at radius 2 is 2.06 bits per heavy atom. The molecule has 0 amide bonds. The number of rotatable bonds is 5. The third-order valence-corrected chi connectivity index (χ3v) is 4.42. The molecule has 90 valence electrons. The number of hydrogen-bond acceptors (Lipinski definition) is 3. The number of hydrogen-bond donors (Lipinski definition) is 0. The van der Waals surface area contributed by atoms with Crippen LogP contribution in [0.1, 0.15) is 31.2 Å². The molecule has 0 saturated carbocycles. The standard InChI is InChI=1S/C12H19NO2S/c1-10-6-4-8-12(13-10)9-5-7-11(2)16(3,14)15/h4,6,8,11H,5,7,9H2,1-3H3. The molecule has 1 unspecified atom stereocenters. The Labute approximate surface area is 97.8 Å². The van der Waals surface area contributed by atoms with E-state index in [0.717, 1.165) is 24.2 Å². The smallest absolute Gasteiger partial charge is 0.150 e. The van der Waals surface area contributed by atoms with Gasteiger partial charge in [0.1, 0.15) is 9.84 Å². The maximum absolute atomic E-state index is 11.2. The lowest BCUT2D eigenvalue weighted by Gasteiger charge is -2.08. The van der Waals surface area contributed by atoms with Crippen molar-refractivity contribution in [3.05, 3.63) is 29.6 Å². The van der Waals surface area contributed by atoms with Crippen LogP contribution in [0.3, 0.4) is 0 Å². The average molecular weight is 241 g/mol. The molecule has 1 aromatic heterocycles. The molecule has 16 heavy (non-hydrogen) atoms. The molecular weight excluding hydrogens is 222 g/mol. The summed E-state index contributed by atoms with van der Waals surface area (Å²) < 4.78 is 22.4. The topological polar surface area (TPSA) is 47.0 Å². The normalized spacial score (nSPS) is 13.7. The maximum atomic E-state index is 11.2. The highest BCUT2D eigenvalue weighted by Crippen LogP contribution is 2.10. The van der Waals surface area contributed by atoms with Crippen LogP contribution in [-0.4, -0.2) is 24.9 Å². The fourth-order valence-corrected chi connectivity index (χ4v) is 2.12. The van der Waals surface area contributed by atoms with Gasteiger partial charge in [-0.1, -0.05) is 6.07 Å². The minimum Gasteiger partial charge on any atom is -0.258 e. The van der Waals surface area contributed by atoms with Crippen LogP contribution in [0.2, 0.25) is 0 Å².